The quantitative estimate of drug-likeness (QED) is 0.163. The first-order valence-corrected chi connectivity index (χ1v) is 11.9. The van der Waals surface area contributed by atoms with Crippen molar-refractivity contribution in [3.05, 3.63) is 0 Å². The monoisotopic (exact) mass is 461 g/mol. The molecular formula is C19H35N5O6S. The Hall–Kier alpha value is -1.89. The molecule has 1 heterocycles. The molecule has 1 aliphatic heterocycles. The second kappa shape index (κ2) is 14.2. The maximum Gasteiger partial charge on any atom is 0.326 e. The molecule has 3 amide bonds. The first kappa shape index (κ1) is 27.1. The van der Waals surface area contributed by atoms with E-state index in [0.29, 0.717) is 44.4 Å². The smallest absolute Gasteiger partial charge is 0.326 e. The molecule has 1 rings (SSSR count). The van der Waals surface area contributed by atoms with Crippen LogP contribution in [0.3, 0.4) is 0 Å². The Kier molecular flexibility index (Phi) is 12.5. The molecular weight excluding hydrogens is 426 g/mol. The fourth-order valence-electron chi connectivity index (χ4n) is 3.36. The molecule has 8 N–H and O–H groups in total. The van der Waals surface area contributed by atoms with Gasteiger partial charge in [0.25, 0.3) is 0 Å². The minimum absolute atomic E-state index is 0.239. The zero-order chi connectivity index (χ0) is 23.4. The molecule has 31 heavy (non-hydrogen) atoms. The van der Waals surface area contributed by atoms with Crippen LogP contribution in [0.2, 0.25) is 0 Å². The number of nitrogens with one attached hydrogen (secondary N) is 2. The van der Waals surface area contributed by atoms with Crippen LogP contribution >= 0.6 is 11.8 Å². The molecule has 0 radical (unpaired) electrons. The van der Waals surface area contributed by atoms with Crippen LogP contribution in [0, 0.1) is 0 Å². The van der Waals surface area contributed by atoms with Gasteiger partial charge in [-0.3, -0.25) is 14.4 Å². The van der Waals surface area contributed by atoms with Gasteiger partial charge in [0.2, 0.25) is 17.7 Å². The molecule has 0 saturated carbocycles. The van der Waals surface area contributed by atoms with Crippen LogP contribution in [-0.2, 0) is 19.2 Å². The summed E-state index contributed by atoms with van der Waals surface area (Å²) in [7, 11) is 0. The number of aliphatic hydroxyl groups is 1. The standard InChI is InChI=1S/C19H35N5O6S/c1-31-10-7-12(21)16(26)22-13(5-2-3-8-20)17(27)23-14(11-25)18(28)24-9-4-6-15(24)19(29)30/h12-15,25H,2-11,20-21H2,1H3,(H,22,26)(H,23,27)(H,29,30). The summed E-state index contributed by atoms with van der Waals surface area (Å²) in [6, 6.07) is -4.00. The normalized spacial score (nSPS) is 18.8. The SMILES string of the molecule is CSCCC(N)C(=O)NC(CCCCN)C(=O)NC(CO)C(=O)N1CCCC1C(=O)O. The van der Waals surface area contributed by atoms with E-state index in [-0.39, 0.29) is 13.0 Å². The van der Waals surface area contributed by atoms with Gasteiger partial charge in [0.1, 0.15) is 18.1 Å². The number of carboxylic acid groups (broad SMARTS) is 1. The molecule has 1 fully saturated rings. The van der Waals surface area contributed by atoms with Crippen LogP contribution in [0.15, 0.2) is 0 Å². The third kappa shape index (κ3) is 8.63. The summed E-state index contributed by atoms with van der Waals surface area (Å²) < 4.78 is 0. The van der Waals surface area contributed by atoms with Crippen molar-refractivity contribution >= 4 is 35.5 Å². The van der Waals surface area contributed by atoms with Crippen molar-refractivity contribution in [2.45, 2.75) is 62.7 Å². The summed E-state index contributed by atoms with van der Waals surface area (Å²) in [5, 5.41) is 24.0. The molecule has 0 aromatic heterocycles. The third-order valence-corrected chi connectivity index (χ3v) is 5.81. The lowest BCUT2D eigenvalue weighted by Gasteiger charge is -2.28. The van der Waals surface area contributed by atoms with E-state index in [1.807, 2.05) is 6.26 Å². The van der Waals surface area contributed by atoms with Crippen molar-refractivity contribution in [3.8, 4) is 0 Å². The van der Waals surface area contributed by atoms with Crippen LogP contribution in [-0.4, -0.2) is 94.7 Å². The number of nitrogens with two attached hydrogens (primary N) is 2. The van der Waals surface area contributed by atoms with Gasteiger partial charge in [-0.25, -0.2) is 4.79 Å². The summed E-state index contributed by atoms with van der Waals surface area (Å²) >= 11 is 1.55. The van der Waals surface area contributed by atoms with E-state index in [2.05, 4.69) is 10.6 Å². The highest BCUT2D eigenvalue weighted by Crippen LogP contribution is 2.18. The maximum absolute atomic E-state index is 12.8. The van der Waals surface area contributed by atoms with Crippen molar-refractivity contribution in [1.29, 1.82) is 0 Å². The number of carbonyl (C=O) groups excluding carboxylic acids is 3. The fraction of sp³-hybridized carbons (Fsp3) is 0.789. The van der Waals surface area contributed by atoms with E-state index in [4.69, 9.17) is 11.5 Å². The number of likely N-dealkylation sites (tertiary alicyclic amines) is 1. The molecule has 4 atom stereocenters. The van der Waals surface area contributed by atoms with E-state index in [9.17, 15) is 29.4 Å². The molecule has 0 aromatic rings. The first-order valence-electron chi connectivity index (χ1n) is 10.5. The molecule has 11 nitrogen and oxygen atoms in total. The lowest BCUT2D eigenvalue weighted by Crippen LogP contribution is -2.58. The number of carboxylic acids is 1. The fourth-order valence-corrected chi connectivity index (χ4v) is 3.85. The number of rotatable bonds is 14. The number of aliphatic carboxylic acids is 1. The molecule has 0 aliphatic carbocycles. The van der Waals surface area contributed by atoms with Crippen molar-refractivity contribution in [2.75, 3.05) is 31.7 Å². The van der Waals surface area contributed by atoms with Gasteiger partial charge in [0.15, 0.2) is 0 Å². The number of carbonyl (C=O) groups is 4. The number of nitrogens with zero attached hydrogens (tertiary/aromatic N) is 1. The minimum atomic E-state index is -1.30. The van der Waals surface area contributed by atoms with Gasteiger partial charge < -0.3 is 37.2 Å². The summed E-state index contributed by atoms with van der Waals surface area (Å²) in [4.78, 5) is 50.4. The lowest BCUT2D eigenvalue weighted by atomic mass is 10.1. The Morgan fingerprint density at radius 1 is 1.13 bits per heavy atom. The Balaban J connectivity index is 2.82. The maximum atomic E-state index is 12.8. The average molecular weight is 462 g/mol. The zero-order valence-corrected chi connectivity index (χ0v) is 18.7. The van der Waals surface area contributed by atoms with Gasteiger partial charge in [-0.1, -0.05) is 0 Å². The predicted octanol–water partition coefficient (Wildman–Crippen LogP) is -1.77. The predicted molar refractivity (Wildman–Crippen MR) is 117 cm³/mol. The number of hydrogen-bond acceptors (Lipinski definition) is 8. The van der Waals surface area contributed by atoms with E-state index in [1.54, 1.807) is 11.8 Å². The van der Waals surface area contributed by atoms with Gasteiger partial charge in [-0.05, 0) is 57.1 Å². The molecule has 4 unspecified atom stereocenters. The molecule has 178 valence electrons. The third-order valence-electron chi connectivity index (χ3n) is 5.17. The van der Waals surface area contributed by atoms with Gasteiger partial charge in [-0.15, -0.1) is 0 Å². The Morgan fingerprint density at radius 3 is 2.39 bits per heavy atom. The highest BCUT2D eigenvalue weighted by atomic mass is 32.2. The summed E-state index contributed by atoms with van der Waals surface area (Å²) in [5.74, 6) is -2.20. The van der Waals surface area contributed by atoms with Gasteiger partial charge in [-0.2, -0.15) is 11.8 Å². The summed E-state index contributed by atoms with van der Waals surface area (Å²) in [5.41, 5.74) is 11.4. The minimum Gasteiger partial charge on any atom is -0.480 e. The van der Waals surface area contributed by atoms with Crippen molar-refractivity contribution in [2.24, 2.45) is 11.5 Å². The number of amides is 3. The number of thioether (sulfide) groups is 1. The van der Waals surface area contributed by atoms with Gasteiger partial charge in [0, 0.05) is 6.54 Å². The average Bonchev–Trinajstić information content (AvgIpc) is 3.24. The summed E-state index contributed by atoms with van der Waals surface area (Å²) in [6.45, 7) is -0.0218. The summed E-state index contributed by atoms with van der Waals surface area (Å²) in [6.07, 6.45) is 4.70. The van der Waals surface area contributed by atoms with Crippen LogP contribution in [0.1, 0.15) is 38.5 Å². The van der Waals surface area contributed by atoms with E-state index in [0.717, 1.165) is 4.90 Å². The van der Waals surface area contributed by atoms with Crippen LogP contribution in [0.5, 0.6) is 0 Å². The Bertz CT molecular complexity index is 623. The van der Waals surface area contributed by atoms with Gasteiger partial charge >= 0.3 is 5.97 Å². The van der Waals surface area contributed by atoms with E-state index >= 15 is 0 Å². The molecule has 0 bridgehead atoms. The molecule has 1 saturated heterocycles. The second-order valence-corrected chi connectivity index (χ2v) is 8.49. The van der Waals surface area contributed by atoms with Crippen molar-refractivity contribution in [3.63, 3.8) is 0 Å². The molecule has 1 aliphatic rings. The van der Waals surface area contributed by atoms with Crippen molar-refractivity contribution < 1.29 is 29.4 Å². The van der Waals surface area contributed by atoms with Crippen LogP contribution in [0.25, 0.3) is 0 Å². The largest absolute Gasteiger partial charge is 0.480 e. The highest BCUT2D eigenvalue weighted by Gasteiger charge is 2.38. The van der Waals surface area contributed by atoms with Crippen LogP contribution in [0.4, 0.5) is 0 Å². The van der Waals surface area contributed by atoms with E-state index in [1.165, 1.54) is 0 Å². The number of hydrogen-bond donors (Lipinski definition) is 6. The van der Waals surface area contributed by atoms with Gasteiger partial charge in [0.05, 0.1) is 12.6 Å². The molecule has 0 spiro atoms. The Morgan fingerprint density at radius 2 is 1.81 bits per heavy atom. The second-order valence-electron chi connectivity index (χ2n) is 7.51. The molecule has 0 aromatic carbocycles. The molecule has 12 heteroatoms. The lowest BCUT2D eigenvalue weighted by molar-refractivity contribution is -0.150. The zero-order valence-electron chi connectivity index (χ0n) is 17.9. The van der Waals surface area contributed by atoms with E-state index < -0.39 is 54.5 Å². The topological polar surface area (TPSA) is 188 Å². The first-order chi connectivity index (χ1) is 14.8. The number of unbranched alkanes of at least 4 members (excludes halogenated alkanes) is 1. The Labute approximate surface area is 186 Å². The number of aliphatic hydroxyl groups excluding tert-OH is 1. The van der Waals surface area contributed by atoms with Crippen molar-refractivity contribution in [1.82, 2.24) is 15.5 Å². The highest BCUT2D eigenvalue weighted by molar-refractivity contribution is 7.98. The van der Waals surface area contributed by atoms with Crippen LogP contribution < -0.4 is 22.1 Å².